The molecule has 24 heteroatoms. The summed E-state index contributed by atoms with van der Waals surface area (Å²) in [7, 11) is 0. The molecule has 6 aromatic carbocycles. The number of amides is 3. The Labute approximate surface area is 569 Å². The first-order valence-electron chi connectivity index (χ1n) is 30.2. The molecule has 0 aliphatic rings. The van der Waals surface area contributed by atoms with Gasteiger partial charge < -0.3 is 21.7 Å². The third-order valence-corrected chi connectivity index (χ3v) is 17.0. The van der Waals surface area contributed by atoms with E-state index < -0.39 is 24.0 Å². The predicted molar refractivity (Wildman–Crippen MR) is 380 cm³/mol. The Morgan fingerprint density at radius 1 is 0.423 bits per heavy atom. The molecular formula is C73H62Cl3N15O6. The number of carbonyl (C=O) groups is 3. The van der Waals surface area contributed by atoms with E-state index >= 15 is 0 Å². The van der Waals surface area contributed by atoms with Gasteiger partial charge in [0.1, 0.15) is 16.8 Å². The molecule has 5 N–H and O–H groups in total. The maximum Gasteiger partial charge on any atom is 0.272 e. The molecule has 0 bridgehead atoms. The minimum atomic E-state index is -0.549. The van der Waals surface area contributed by atoms with Crippen LogP contribution in [0.4, 0.5) is 5.82 Å². The van der Waals surface area contributed by atoms with E-state index in [0.717, 1.165) is 0 Å². The van der Waals surface area contributed by atoms with Crippen molar-refractivity contribution in [2.75, 3.05) is 5.73 Å². The Kier molecular flexibility index (Phi) is 19.6. The summed E-state index contributed by atoms with van der Waals surface area (Å²) in [4.78, 5) is 96.5. The highest BCUT2D eigenvalue weighted by atomic mass is 35.5. The van der Waals surface area contributed by atoms with Crippen LogP contribution in [-0.2, 0) is 0 Å². The zero-order valence-corrected chi connectivity index (χ0v) is 54.3. The van der Waals surface area contributed by atoms with E-state index in [0.29, 0.717) is 110 Å². The van der Waals surface area contributed by atoms with E-state index in [4.69, 9.17) is 40.5 Å². The molecule has 8 heterocycles. The number of rotatable bonds is 12. The van der Waals surface area contributed by atoms with Crippen molar-refractivity contribution in [1.29, 1.82) is 0 Å². The zero-order valence-electron chi connectivity index (χ0n) is 52.0. The van der Waals surface area contributed by atoms with Gasteiger partial charge in [-0.25, -0.2) is 24.0 Å². The number of aromatic nitrogens is 11. The number of fused-ring (bicyclic) bond motifs is 5. The fraction of sp³-hybridized carbons (Fsp3) is 0.123. The molecule has 0 aliphatic carbocycles. The summed E-state index contributed by atoms with van der Waals surface area (Å²) in [6.07, 6.45) is 9.61. The molecule has 3 atom stereocenters. The van der Waals surface area contributed by atoms with Gasteiger partial charge in [-0.1, -0.05) is 133 Å². The molecule has 0 unspecified atom stereocenters. The van der Waals surface area contributed by atoms with Crippen LogP contribution in [0.25, 0.3) is 60.7 Å². The monoisotopic (exact) mass is 1350 g/mol. The molecule has 0 saturated heterocycles. The first-order chi connectivity index (χ1) is 46.4. The van der Waals surface area contributed by atoms with E-state index in [1.165, 1.54) is 16.9 Å². The van der Waals surface area contributed by atoms with Gasteiger partial charge >= 0.3 is 0 Å². The van der Waals surface area contributed by atoms with Crippen molar-refractivity contribution in [2.24, 2.45) is 0 Å². The van der Waals surface area contributed by atoms with Gasteiger partial charge in [-0.2, -0.15) is 5.10 Å². The number of nitrogens with two attached hydrogens (primary N) is 1. The highest BCUT2D eigenvalue weighted by Gasteiger charge is 2.27. The summed E-state index contributed by atoms with van der Waals surface area (Å²) in [6.45, 7) is 8.97. The van der Waals surface area contributed by atoms with Gasteiger partial charge in [-0.15, -0.1) is 5.10 Å². The van der Waals surface area contributed by atoms with Crippen LogP contribution in [0.5, 0.6) is 0 Å². The molecule has 0 radical (unpaired) electrons. The average Bonchev–Trinajstić information content (AvgIpc) is 1.68. The lowest BCUT2D eigenvalue weighted by Crippen LogP contribution is -2.33. The second-order valence-corrected chi connectivity index (χ2v) is 23.5. The molecule has 486 valence electrons. The van der Waals surface area contributed by atoms with Crippen LogP contribution in [0, 0.1) is 13.8 Å². The number of halogens is 3. The van der Waals surface area contributed by atoms with E-state index in [2.05, 4.69) is 46.1 Å². The van der Waals surface area contributed by atoms with Crippen molar-refractivity contribution in [3.8, 4) is 17.1 Å². The summed E-state index contributed by atoms with van der Waals surface area (Å²) in [5, 5.41) is 22.0. The lowest BCUT2D eigenvalue weighted by molar-refractivity contribution is 0.0926. The van der Waals surface area contributed by atoms with Crippen LogP contribution in [-0.4, -0.2) is 70.6 Å². The number of anilines is 1. The summed E-state index contributed by atoms with van der Waals surface area (Å²) >= 11 is 19.1. The highest BCUT2D eigenvalue weighted by molar-refractivity contribution is 6.36. The highest BCUT2D eigenvalue weighted by Crippen LogP contribution is 2.30. The molecule has 97 heavy (non-hydrogen) atoms. The number of nitrogens with one attached hydrogen (secondary N) is 3. The van der Waals surface area contributed by atoms with Crippen LogP contribution in [0.3, 0.4) is 0 Å². The zero-order chi connectivity index (χ0) is 67.5. The first-order valence-corrected chi connectivity index (χ1v) is 31.3. The Hall–Kier alpha value is -11.7. The van der Waals surface area contributed by atoms with Crippen LogP contribution in [0.1, 0.15) is 106 Å². The molecule has 0 saturated carbocycles. The topological polar surface area (TPSA) is 265 Å². The number of hydrogen-bond acceptors (Lipinski definition) is 13. The second kappa shape index (κ2) is 28.5. The maximum atomic E-state index is 13.6. The van der Waals surface area contributed by atoms with Crippen molar-refractivity contribution in [3.63, 3.8) is 0 Å². The van der Waals surface area contributed by atoms with Gasteiger partial charge in [0.25, 0.3) is 34.4 Å². The predicted octanol–water partition coefficient (Wildman–Crippen LogP) is 13.1. The number of benzene rings is 6. The molecule has 14 aromatic rings. The molecule has 14 rings (SSSR count). The fourth-order valence-corrected chi connectivity index (χ4v) is 12.3. The molecule has 21 nitrogen and oxygen atoms in total. The summed E-state index contributed by atoms with van der Waals surface area (Å²) in [5.74, 6) is -1.03. The molecule has 0 aliphatic heterocycles. The van der Waals surface area contributed by atoms with Crippen molar-refractivity contribution in [1.82, 2.24) is 68.8 Å². The van der Waals surface area contributed by atoms with E-state index in [1.807, 2.05) is 141 Å². The Balaban J connectivity index is 0.000000147. The van der Waals surface area contributed by atoms with E-state index in [1.54, 1.807) is 112 Å². The maximum absolute atomic E-state index is 13.6. The number of nitrogen functional groups attached to an aromatic ring is 1. The van der Waals surface area contributed by atoms with Gasteiger partial charge in [0, 0.05) is 71.3 Å². The number of aryl methyl sites for hydroxylation is 2. The lowest BCUT2D eigenvalue weighted by Gasteiger charge is -2.21. The lowest BCUT2D eigenvalue weighted by atomic mass is 10.1. The van der Waals surface area contributed by atoms with Crippen molar-refractivity contribution in [2.45, 2.75) is 60.2 Å². The summed E-state index contributed by atoms with van der Waals surface area (Å²) in [6, 6.07) is 51.3. The number of carbonyl (C=O) groups excluding carboxylic acids is 3. The molecule has 8 aromatic heterocycles. The standard InChI is InChI=1S/C25H20ClN5O2.C24H19ClN6O2.C23H19ClN4O2.CH4/c1-15(28-24(32)21-16(2)29-30-13-7-12-27-23(21)30)20-14-17-8-6-11-19(26)22(17)25(33)31(20)18-9-4-3-5-10-18;1-14(28-23(32)20-21(26)29-30-12-6-11-27-22(20)30)18-13-15-7-5-10-17(25)19(15)24(33)31(18)16-8-3-2-4-9-16;1-14(27-22(29)21-15(2)25-11-12-26-21)19-13-16-7-6-10-18(24)20(16)23(30)28(19)17-8-4-3-5-9-17;/h3-15H,1-2H3,(H,28,32);2-14H,1H3,(H2,26,29)(H,28,32);3-14H,1-2H3,(H,27,29);1H4/t15-;2*14-;/m000./s1. The quantitative estimate of drug-likeness (QED) is 0.0887. The third kappa shape index (κ3) is 13.3. The van der Waals surface area contributed by atoms with Gasteiger partial charge in [-0.05, 0) is 136 Å². The summed E-state index contributed by atoms with van der Waals surface area (Å²) in [5.41, 5.74) is 11.9. The van der Waals surface area contributed by atoms with Crippen molar-refractivity contribution in [3.05, 3.63) is 305 Å². The minimum absolute atomic E-state index is 0. The normalized spacial score (nSPS) is 12.0. The smallest absolute Gasteiger partial charge is 0.272 e. The number of nitrogens with zero attached hydrogens (tertiary/aromatic N) is 11. The summed E-state index contributed by atoms with van der Waals surface area (Å²) < 4.78 is 7.78. The van der Waals surface area contributed by atoms with Gasteiger partial charge in [0.15, 0.2) is 17.1 Å². The molecule has 0 spiro atoms. The number of pyridine rings is 3. The SMILES string of the molecule is C.C[C@H](NC(=O)c1c(N)nn2cccnc12)c1cc2cccc(Cl)c2c(=O)n1-c1ccccc1.Cc1nccnc1C(=O)N[C@@H](C)c1cc2cccc(Cl)c2c(=O)n1-c1ccccc1.Cc1nn2cccnc2c1C(=O)N[C@@H](C)c1cc2cccc(Cl)c2c(=O)n1-c1ccccc1. The average molecular weight is 1350 g/mol. The van der Waals surface area contributed by atoms with Crippen LogP contribution in [0.15, 0.2) is 227 Å². The second-order valence-electron chi connectivity index (χ2n) is 22.3. The van der Waals surface area contributed by atoms with Gasteiger partial charge in [-0.3, -0.25) is 47.5 Å². The number of hydrogen-bond donors (Lipinski definition) is 4. The Bertz CT molecular complexity index is 5290. The van der Waals surface area contributed by atoms with Crippen LogP contribution in [0.2, 0.25) is 15.1 Å². The third-order valence-electron chi connectivity index (χ3n) is 16.0. The van der Waals surface area contributed by atoms with E-state index in [-0.39, 0.29) is 53.0 Å². The largest absolute Gasteiger partial charge is 0.381 e. The Morgan fingerprint density at radius 3 is 1.19 bits per heavy atom. The molecular weight excluding hydrogens is 1290 g/mol. The van der Waals surface area contributed by atoms with Crippen molar-refractivity contribution >= 4 is 102 Å². The minimum Gasteiger partial charge on any atom is -0.381 e. The van der Waals surface area contributed by atoms with Gasteiger partial charge in [0.05, 0.1) is 60.7 Å². The molecule has 0 fully saturated rings. The van der Waals surface area contributed by atoms with Crippen LogP contribution < -0.4 is 38.4 Å². The Morgan fingerprint density at radius 2 is 0.784 bits per heavy atom. The fourth-order valence-electron chi connectivity index (χ4n) is 11.5. The van der Waals surface area contributed by atoms with Crippen molar-refractivity contribution < 1.29 is 14.4 Å². The number of para-hydroxylation sites is 3. The van der Waals surface area contributed by atoms with Gasteiger partial charge in [0.2, 0.25) is 0 Å². The first kappa shape index (κ1) is 66.8. The van der Waals surface area contributed by atoms with Crippen LogP contribution >= 0.6 is 34.8 Å². The molecule has 3 amide bonds. The van der Waals surface area contributed by atoms with E-state index in [9.17, 15) is 28.8 Å².